The second-order valence-electron chi connectivity index (χ2n) is 4.72. The lowest BCUT2D eigenvalue weighted by Crippen LogP contribution is -2.19. The normalized spacial score (nSPS) is 12.0. The van der Waals surface area contributed by atoms with Crippen LogP contribution < -0.4 is 5.32 Å². The Bertz CT molecular complexity index is 855. The molecule has 0 aliphatic rings. The Kier molecular flexibility index (Phi) is 5.74. The first kappa shape index (κ1) is 19.0. The van der Waals surface area contributed by atoms with Crippen molar-refractivity contribution in [2.45, 2.75) is 14.0 Å². The minimum atomic E-state index is -4.20. The summed E-state index contributed by atoms with van der Waals surface area (Å²) in [4.78, 5) is 10.2. The fourth-order valence-electron chi connectivity index (χ4n) is 1.91. The van der Waals surface area contributed by atoms with Crippen molar-refractivity contribution < 1.29 is 13.3 Å². The Balaban J connectivity index is 2.36. The SMILES string of the molecule is O=[N+]([O-])c1cc(S(=O)(=O)C(Cl)(Cl)Br)ccc1NCc1ccccc1. The van der Waals surface area contributed by atoms with Gasteiger partial charge in [-0.1, -0.05) is 53.5 Å². The molecule has 6 nitrogen and oxygen atoms in total. The van der Waals surface area contributed by atoms with Crippen molar-refractivity contribution in [3.8, 4) is 0 Å². The van der Waals surface area contributed by atoms with Gasteiger partial charge in [-0.3, -0.25) is 10.1 Å². The number of sulfone groups is 1. The number of nitrogens with zero attached hydrogens (tertiary/aromatic N) is 1. The molecule has 2 aromatic carbocycles. The predicted octanol–water partition coefficient (Wildman–Crippen LogP) is 4.46. The lowest BCUT2D eigenvalue weighted by atomic mass is 10.2. The summed E-state index contributed by atoms with van der Waals surface area (Å²) in [6.07, 6.45) is 0. The molecule has 0 atom stereocenters. The van der Waals surface area contributed by atoms with E-state index in [1.54, 1.807) is 0 Å². The van der Waals surface area contributed by atoms with Crippen LogP contribution in [0.2, 0.25) is 0 Å². The van der Waals surface area contributed by atoms with E-state index in [1.807, 2.05) is 30.3 Å². The van der Waals surface area contributed by atoms with Gasteiger partial charge in [0.2, 0.25) is 9.84 Å². The Morgan fingerprint density at radius 1 is 1.17 bits per heavy atom. The van der Waals surface area contributed by atoms with Crippen LogP contribution in [0.15, 0.2) is 53.4 Å². The number of nitrogens with one attached hydrogen (secondary N) is 1. The van der Waals surface area contributed by atoms with Gasteiger partial charge < -0.3 is 5.32 Å². The highest BCUT2D eigenvalue weighted by Crippen LogP contribution is 2.41. The first-order valence-corrected chi connectivity index (χ1v) is 9.54. The van der Waals surface area contributed by atoms with E-state index < -0.39 is 23.0 Å². The summed E-state index contributed by atoms with van der Waals surface area (Å²) in [6, 6.07) is 12.7. The smallest absolute Gasteiger partial charge is 0.293 e. The molecule has 0 aliphatic heterocycles. The Morgan fingerprint density at radius 3 is 2.33 bits per heavy atom. The highest BCUT2D eigenvalue weighted by Gasteiger charge is 2.39. The maximum atomic E-state index is 12.2. The summed E-state index contributed by atoms with van der Waals surface area (Å²) >= 11 is 13.8. The maximum Gasteiger partial charge on any atom is 0.293 e. The molecule has 128 valence electrons. The van der Waals surface area contributed by atoms with Crippen molar-refractivity contribution in [3.63, 3.8) is 0 Å². The van der Waals surface area contributed by atoms with Gasteiger partial charge >= 0.3 is 0 Å². The molecular weight excluding hydrogens is 443 g/mol. The number of nitro groups is 1. The van der Waals surface area contributed by atoms with Gasteiger partial charge in [-0.05, 0) is 33.6 Å². The minimum Gasteiger partial charge on any atom is -0.375 e. The molecular formula is C14H11BrCl2N2O4S. The molecule has 24 heavy (non-hydrogen) atoms. The average Bonchev–Trinajstić information content (AvgIpc) is 2.52. The van der Waals surface area contributed by atoms with Crippen LogP contribution in [0.3, 0.4) is 0 Å². The maximum absolute atomic E-state index is 12.2. The van der Waals surface area contributed by atoms with Crippen molar-refractivity contribution in [2.75, 3.05) is 5.32 Å². The summed E-state index contributed by atoms with van der Waals surface area (Å²) in [5.41, 5.74) is 0.716. The Labute approximate surface area is 157 Å². The number of hydrogen-bond donors (Lipinski definition) is 1. The van der Waals surface area contributed by atoms with Crippen molar-refractivity contribution in [1.29, 1.82) is 0 Å². The number of halogens is 3. The van der Waals surface area contributed by atoms with E-state index in [4.69, 9.17) is 23.2 Å². The van der Waals surface area contributed by atoms with Gasteiger partial charge in [0.15, 0.2) is 0 Å². The highest BCUT2D eigenvalue weighted by molar-refractivity contribution is 9.12. The first-order chi connectivity index (χ1) is 11.1. The number of alkyl halides is 3. The summed E-state index contributed by atoms with van der Waals surface area (Å²) in [5, 5.41) is 14.2. The number of rotatable bonds is 6. The molecule has 0 bridgehead atoms. The van der Waals surface area contributed by atoms with Gasteiger partial charge in [0.25, 0.3) is 8.26 Å². The lowest BCUT2D eigenvalue weighted by molar-refractivity contribution is -0.384. The van der Waals surface area contributed by atoms with E-state index in [1.165, 1.54) is 12.1 Å². The third-order valence-electron chi connectivity index (χ3n) is 3.11. The number of hydrogen-bond acceptors (Lipinski definition) is 5. The van der Waals surface area contributed by atoms with Crippen LogP contribution >= 0.6 is 39.1 Å². The van der Waals surface area contributed by atoms with Gasteiger partial charge in [-0.2, -0.15) is 0 Å². The average molecular weight is 454 g/mol. The van der Waals surface area contributed by atoms with Crippen molar-refractivity contribution >= 4 is 60.3 Å². The van der Waals surface area contributed by atoms with Crippen LogP contribution in [-0.2, 0) is 16.4 Å². The van der Waals surface area contributed by atoms with Crippen LogP contribution in [0.5, 0.6) is 0 Å². The lowest BCUT2D eigenvalue weighted by Gasteiger charge is -2.14. The van der Waals surface area contributed by atoms with Crippen molar-refractivity contribution in [3.05, 3.63) is 64.2 Å². The van der Waals surface area contributed by atoms with Crippen molar-refractivity contribution in [2.24, 2.45) is 0 Å². The van der Waals surface area contributed by atoms with Gasteiger partial charge in [0.1, 0.15) is 5.69 Å². The van der Waals surface area contributed by atoms with E-state index in [-0.39, 0.29) is 10.6 Å². The summed E-state index contributed by atoms with van der Waals surface area (Å²) in [7, 11) is -4.20. The molecule has 0 aliphatic carbocycles. The molecule has 0 saturated heterocycles. The minimum absolute atomic E-state index is 0.187. The summed E-state index contributed by atoms with van der Waals surface area (Å²) in [5.74, 6) is 0. The van der Waals surface area contributed by atoms with Crippen LogP contribution in [0, 0.1) is 10.1 Å². The molecule has 0 heterocycles. The molecule has 0 spiro atoms. The van der Waals surface area contributed by atoms with E-state index >= 15 is 0 Å². The standard InChI is InChI=1S/C14H11BrCl2N2O4S/c15-14(16,17)24(22,23)11-6-7-12(13(8-11)19(20)21)18-9-10-4-2-1-3-5-10/h1-8,18H,9H2. The zero-order chi connectivity index (χ0) is 18.0. The predicted molar refractivity (Wildman–Crippen MR) is 97.4 cm³/mol. The molecule has 2 rings (SSSR count). The van der Waals surface area contributed by atoms with Crippen LogP contribution in [0.4, 0.5) is 11.4 Å². The number of benzene rings is 2. The van der Waals surface area contributed by atoms with Crippen LogP contribution in [-0.4, -0.2) is 15.9 Å². The molecule has 0 radical (unpaired) electrons. The van der Waals surface area contributed by atoms with E-state index in [2.05, 4.69) is 21.2 Å². The van der Waals surface area contributed by atoms with Gasteiger partial charge in [0.05, 0.1) is 9.82 Å². The highest BCUT2D eigenvalue weighted by atomic mass is 79.9. The largest absolute Gasteiger partial charge is 0.375 e. The van der Waals surface area contributed by atoms with E-state index in [0.717, 1.165) is 11.6 Å². The second kappa shape index (κ2) is 7.26. The molecule has 0 aromatic heterocycles. The quantitative estimate of drug-likeness (QED) is 0.396. The first-order valence-electron chi connectivity index (χ1n) is 6.50. The fraction of sp³-hybridized carbons (Fsp3) is 0.143. The second-order valence-corrected chi connectivity index (χ2v) is 11.2. The summed E-state index contributed by atoms with van der Waals surface area (Å²) in [6.45, 7) is 0.348. The van der Waals surface area contributed by atoms with Gasteiger partial charge in [-0.15, -0.1) is 0 Å². The molecule has 0 amide bonds. The molecule has 1 N–H and O–H groups in total. The molecule has 10 heteroatoms. The zero-order valence-corrected chi connectivity index (χ0v) is 15.9. The topological polar surface area (TPSA) is 89.3 Å². The van der Waals surface area contributed by atoms with E-state index in [9.17, 15) is 18.5 Å². The third-order valence-corrected chi connectivity index (χ3v) is 7.09. The zero-order valence-electron chi connectivity index (χ0n) is 11.9. The number of nitro benzene ring substituents is 1. The van der Waals surface area contributed by atoms with Gasteiger partial charge in [-0.25, -0.2) is 8.42 Å². The Hall–Kier alpha value is -1.35. The monoisotopic (exact) mass is 452 g/mol. The van der Waals surface area contributed by atoms with E-state index in [0.29, 0.717) is 6.54 Å². The van der Waals surface area contributed by atoms with Crippen LogP contribution in [0.25, 0.3) is 0 Å². The molecule has 0 saturated carbocycles. The number of anilines is 1. The molecule has 0 unspecified atom stereocenters. The molecule has 0 fully saturated rings. The van der Waals surface area contributed by atoms with Gasteiger partial charge in [0, 0.05) is 12.6 Å². The third kappa shape index (κ3) is 4.18. The summed E-state index contributed by atoms with van der Waals surface area (Å²) < 4.78 is 22.1. The molecule has 2 aromatic rings. The van der Waals surface area contributed by atoms with Crippen LogP contribution in [0.1, 0.15) is 5.56 Å². The van der Waals surface area contributed by atoms with Crippen molar-refractivity contribution in [1.82, 2.24) is 0 Å². The Morgan fingerprint density at radius 2 is 1.79 bits per heavy atom. The fourth-order valence-corrected chi connectivity index (χ4v) is 3.78.